The summed E-state index contributed by atoms with van der Waals surface area (Å²) in [5, 5.41) is 2.92. The summed E-state index contributed by atoms with van der Waals surface area (Å²) in [6.45, 7) is 2.64. The largest absolute Gasteiger partial charge is 0.468 e. The van der Waals surface area contributed by atoms with E-state index in [4.69, 9.17) is 9.47 Å². The number of likely N-dealkylation sites (N-methyl/N-ethyl adjacent to an activating group) is 1. The maximum atomic E-state index is 11.4. The van der Waals surface area contributed by atoms with Crippen molar-refractivity contribution < 1.29 is 14.3 Å². The second-order valence-corrected chi connectivity index (χ2v) is 4.76. The van der Waals surface area contributed by atoms with Crippen LogP contribution < -0.4 is 5.32 Å². The lowest BCUT2D eigenvalue weighted by Gasteiger charge is -2.29. The Morgan fingerprint density at radius 1 is 1.47 bits per heavy atom. The number of carbonyl (C=O) groups is 1. The van der Waals surface area contributed by atoms with Gasteiger partial charge in [-0.2, -0.15) is 0 Å². The fraction of sp³-hybridized carbons (Fsp3) is 0.923. The molecule has 0 spiro atoms. The average Bonchev–Trinajstić information content (AvgIpc) is 2.39. The summed E-state index contributed by atoms with van der Waals surface area (Å²) in [4.78, 5) is 11.4. The predicted molar refractivity (Wildman–Crippen MR) is 66.9 cm³/mol. The molecule has 0 saturated heterocycles. The molecule has 1 aliphatic rings. The van der Waals surface area contributed by atoms with Crippen LogP contribution in [0, 0.1) is 5.92 Å². The molecule has 0 aromatic rings. The van der Waals surface area contributed by atoms with Gasteiger partial charge >= 0.3 is 5.97 Å². The summed E-state index contributed by atoms with van der Waals surface area (Å²) in [5.74, 6) is 0.537. The van der Waals surface area contributed by atoms with Crippen molar-refractivity contribution in [3.63, 3.8) is 0 Å². The lowest BCUT2D eigenvalue weighted by Crippen LogP contribution is -2.40. The first-order chi connectivity index (χ1) is 8.21. The molecule has 0 aromatic heterocycles. The fourth-order valence-electron chi connectivity index (χ4n) is 2.41. The Morgan fingerprint density at radius 2 is 2.24 bits per heavy atom. The van der Waals surface area contributed by atoms with Crippen LogP contribution in [0.3, 0.4) is 0 Å². The maximum Gasteiger partial charge on any atom is 0.325 e. The van der Waals surface area contributed by atoms with Crippen molar-refractivity contribution in [2.75, 3.05) is 20.8 Å². The number of methoxy groups -OCH3 is 1. The van der Waals surface area contributed by atoms with Crippen LogP contribution >= 0.6 is 0 Å². The number of carbonyl (C=O) groups excluding carboxylic acids is 1. The van der Waals surface area contributed by atoms with Gasteiger partial charge in [-0.05, 0) is 25.8 Å². The van der Waals surface area contributed by atoms with E-state index in [1.807, 2.05) is 0 Å². The molecule has 1 saturated carbocycles. The van der Waals surface area contributed by atoms with Crippen LogP contribution in [0.15, 0.2) is 0 Å². The van der Waals surface area contributed by atoms with E-state index >= 15 is 0 Å². The number of nitrogens with one attached hydrogen (secondary N) is 1. The van der Waals surface area contributed by atoms with Crippen molar-refractivity contribution in [1.82, 2.24) is 5.32 Å². The lowest BCUT2D eigenvalue weighted by molar-refractivity contribution is -0.145. The van der Waals surface area contributed by atoms with Crippen LogP contribution in [0.1, 0.15) is 39.0 Å². The van der Waals surface area contributed by atoms with E-state index in [0.29, 0.717) is 12.7 Å². The molecule has 100 valence electrons. The molecule has 0 bridgehead atoms. The molecule has 1 N–H and O–H groups in total. The Kier molecular flexibility index (Phi) is 6.52. The Labute approximate surface area is 104 Å². The molecule has 0 aliphatic heterocycles. The third-order valence-corrected chi connectivity index (χ3v) is 3.64. The van der Waals surface area contributed by atoms with Gasteiger partial charge < -0.3 is 14.8 Å². The first-order valence-corrected chi connectivity index (χ1v) is 6.57. The molecule has 17 heavy (non-hydrogen) atoms. The highest BCUT2D eigenvalue weighted by molar-refractivity contribution is 5.75. The lowest BCUT2D eigenvalue weighted by atomic mass is 9.85. The van der Waals surface area contributed by atoms with Crippen LogP contribution in [-0.4, -0.2) is 38.9 Å². The van der Waals surface area contributed by atoms with Gasteiger partial charge in [0, 0.05) is 0 Å². The maximum absolute atomic E-state index is 11.4. The Bertz CT molecular complexity index is 233. The SMILES string of the molecule is CCC1CCCC(OCC(NC)C(=O)OC)C1. The van der Waals surface area contributed by atoms with E-state index in [1.165, 1.54) is 26.4 Å². The van der Waals surface area contributed by atoms with Crippen molar-refractivity contribution in [3.8, 4) is 0 Å². The van der Waals surface area contributed by atoms with Gasteiger partial charge in [-0.15, -0.1) is 0 Å². The Morgan fingerprint density at radius 3 is 2.82 bits per heavy atom. The monoisotopic (exact) mass is 243 g/mol. The molecule has 1 aliphatic carbocycles. The fourth-order valence-corrected chi connectivity index (χ4v) is 2.41. The van der Waals surface area contributed by atoms with Crippen molar-refractivity contribution >= 4 is 5.97 Å². The molecule has 4 heteroatoms. The second-order valence-electron chi connectivity index (χ2n) is 4.76. The smallest absolute Gasteiger partial charge is 0.325 e. The van der Waals surface area contributed by atoms with Crippen molar-refractivity contribution in [1.29, 1.82) is 0 Å². The molecule has 3 atom stereocenters. The predicted octanol–water partition coefficient (Wildman–Crippen LogP) is 1.73. The van der Waals surface area contributed by atoms with Gasteiger partial charge in [0.1, 0.15) is 6.04 Å². The highest BCUT2D eigenvalue weighted by Gasteiger charge is 2.24. The molecule has 0 heterocycles. The van der Waals surface area contributed by atoms with E-state index in [9.17, 15) is 4.79 Å². The minimum absolute atomic E-state index is 0.254. The zero-order chi connectivity index (χ0) is 12.7. The molecule has 1 rings (SSSR count). The highest BCUT2D eigenvalue weighted by atomic mass is 16.5. The first kappa shape index (κ1) is 14.5. The van der Waals surface area contributed by atoms with Crippen LogP contribution in [0.25, 0.3) is 0 Å². The molecule has 1 fully saturated rings. The van der Waals surface area contributed by atoms with Crippen LogP contribution in [0.4, 0.5) is 0 Å². The normalized spacial score (nSPS) is 26.5. The number of esters is 1. The highest BCUT2D eigenvalue weighted by Crippen LogP contribution is 2.28. The summed E-state index contributed by atoms with van der Waals surface area (Å²) in [5.41, 5.74) is 0. The van der Waals surface area contributed by atoms with Gasteiger partial charge in [-0.1, -0.05) is 26.2 Å². The molecular formula is C13H25NO3. The minimum atomic E-state index is -0.345. The van der Waals surface area contributed by atoms with Gasteiger partial charge in [0.25, 0.3) is 0 Å². The van der Waals surface area contributed by atoms with Crippen molar-refractivity contribution in [2.24, 2.45) is 5.92 Å². The Balaban J connectivity index is 2.30. The third-order valence-electron chi connectivity index (χ3n) is 3.64. The van der Waals surface area contributed by atoms with Gasteiger partial charge in [-0.25, -0.2) is 0 Å². The summed E-state index contributed by atoms with van der Waals surface area (Å²) >= 11 is 0. The summed E-state index contributed by atoms with van der Waals surface area (Å²) in [6, 6.07) is -0.345. The minimum Gasteiger partial charge on any atom is -0.468 e. The summed E-state index contributed by atoms with van der Waals surface area (Å²) in [7, 11) is 3.15. The second kappa shape index (κ2) is 7.67. The molecular weight excluding hydrogens is 218 g/mol. The molecule has 0 amide bonds. The zero-order valence-electron chi connectivity index (χ0n) is 11.2. The van der Waals surface area contributed by atoms with Crippen molar-refractivity contribution in [2.45, 2.75) is 51.2 Å². The third kappa shape index (κ3) is 4.64. The van der Waals surface area contributed by atoms with Gasteiger partial charge in [-0.3, -0.25) is 4.79 Å². The average molecular weight is 243 g/mol. The molecule has 3 unspecified atom stereocenters. The summed E-state index contributed by atoms with van der Waals surface area (Å²) in [6.07, 6.45) is 6.36. The first-order valence-electron chi connectivity index (χ1n) is 6.57. The number of rotatable bonds is 6. The van der Waals surface area contributed by atoms with Gasteiger partial charge in [0.05, 0.1) is 19.8 Å². The molecule has 4 nitrogen and oxygen atoms in total. The topological polar surface area (TPSA) is 47.6 Å². The van der Waals surface area contributed by atoms with Crippen LogP contribution in [-0.2, 0) is 14.3 Å². The van der Waals surface area contributed by atoms with Crippen molar-refractivity contribution in [3.05, 3.63) is 0 Å². The number of ether oxygens (including phenoxy) is 2. The molecule has 0 aromatic carbocycles. The molecule has 0 radical (unpaired) electrons. The standard InChI is InChI=1S/C13H25NO3/c1-4-10-6-5-7-11(8-10)17-9-12(14-2)13(15)16-3/h10-12,14H,4-9H2,1-3H3. The Hall–Kier alpha value is -0.610. The van der Waals surface area contributed by atoms with E-state index < -0.39 is 0 Å². The quantitative estimate of drug-likeness (QED) is 0.722. The van der Waals surface area contributed by atoms with E-state index in [1.54, 1.807) is 7.05 Å². The van der Waals surface area contributed by atoms with Crippen LogP contribution in [0.5, 0.6) is 0 Å². The van der Waals surface area contributed by atoms with E-state index in [2.05, 4.69) is 12.2 Å². The van der Waals surface area contributed by atoms with E-state index in [0.717, 1.165) is 18.8 Å². The van der Waals surface area contributed by atoms with Crippen LogP contribution in [0.2, 0.25) is 0 Å². The number of hydrogen-bond acceptors (Lipinski definition) is 4. The van der Waals surface area contributed by atoms with Gasteiger partial charge in [0.2, 0.25) is 0 Å². The number of hydrogen-bond donors (Lipinski definition) is 1. The van der Waals surface area contributed by atoms with E-state index in [-0.39, 0.29) is 12.0 Å². The summed E-state index contributed by atoms with van der Waals surface area (Å²) < 4.78 is 10.5. The zero-order valence-corrected chi connectivity index (χ0v) is 11.2. The van der Waals surface area contributed by atoms with Gasteiger partial charge in [0.15, 0.2) is 0 Å².